The molecule has 3 rings (SSSR count). The predicted octanol–water partition coefficient (Wildman–Crippen LogP) is 2.15. The number of amides is 1. The summed E-state index contributed by atoms with van der Waals surface area (Å²) in [6.45, 7) is 1.40. The van der Waals surface area contributed by atoms with Gasteiger partial charge in [-0.05, 0) is 35.7 Å². The second kappa shape index (κ2) is 9.67. The van der Waals surface area contributed by atoms with Crippen molar-refractivity contribution >= 4 is 21.7 Å². The molecule has 31 heavy (non-hydrogen) atoms. The van der Waals surface area contributed by atoms with Gasteiger partial charge >= 0.3 is 0 Å². The number of methoxy groups -OCH3 is 1. The van der Waals surface area contributed by atoms with Gasteiger partial charge in [-0.3, -0.25) is 9.59 Å². The molecule has 0 spiro atoms. The van der Waals surface area contributed by atoms with Gasteiger partial charge in [0, 0.05) is 20.2 Å². The molecule has 7 nitrogen and oxygen atoms in total. The van der Waals surface area contributed by atoms with Gasteiger partial charge in [0.25, 0.3) is 0 Å². The van der Waals surface area contributed by atoms with Crippen molar-refractivity contribution < 1.29 is 27.1 Å². The highest BCUT2D eigenvalue weighted by Crippen LogP contribution is 2.25. The van der Waals surface area contributed by atoms with Crippen LogP contribution in [0.25, 0.3) is 11.1 Å². The van der Waals surface area contributed by atoms with Crippen molar-refractivity contribution in [2.75, 3.05) is 33.4 Å². The third kappa shape index (κ3) is 5.36. The third-order valence-electron chi connectivity index (χ3n) is 5.26. The molecular weight excluding hydrogens is 423 g/mol. The summed E-state index contributed by atoms with van der Waals surface area (Å²) in [7, 11) is -2.33. The number of likely N-dealkylation sites (tertiary alicyclic amines) is 1. The number of ketones is 1. The molecule has 1 aliphatic heterocycles. The summed E-state index contributed by atoms with van der Waals surface area (Å²) in [6.07, 6.45) is 0.186. The van der Waals surface area contributed by atoms with Gasteiger partial charge in [0.2, 0.25) is 15.9 Å². The smallest absolute Gasteiger partial charge is 0.224 e. The van der Waals surface area contributed by atoms with Crippen LogP contribution in [0.5, 0.6) is 0 Å². The number of rotatable bonds is 9. The zero-order valence-electron chi connectivity index (χ0n) is 17.4. The van der Waals surface area contributed by atoms with Gasteiger partial charge in [-0.1, -0.05) is 30.3 Å². The second-order valence-corrected chi connectivity index (χ2v) is 9.52. The lowest BCUT2D eigenvalue weighted by Crippen LogP contribution is -2.59. The first-order chi connectivity index (χ1) is 14.7. The average molecular weight is 449 g/mol. The van der Waals surface area contributed by atoms with Gasteiger partial charge < -0.3 is 9.64 Å². The van der Waals surface area contributed by atoms with Crippen LogP contribution in [-0.4, -0.2) is 63.6 Å². The number of halogens is 1. The van der Waals surface area contributed by atoms with Gasteiger partial charge in [-0.15, -0.1) is 0 Å². The summed E-state index contributed by atoms with van der Waals surface area (Å²) in [5, 5.41) is -0.797. The van der Waals surface area contributed by atoms with Crippen LogP contribution in [0.3, 0.4) is 0 Å². The summed E-state index contributed by atoms with van der Waals surface area (Å²) in [5.41, 5.74) is 1.64. The summed E-state index contributed by atoms with van der Waals surface area (Å²) in [4.78, 5) is 25.9. The van der Waals surface area contributed by atoms with E-state index in [1.54, 1.807) is 13.0 Å². The van der Waals surface area contributed by atoms with Crippen LogP contribution in [0.15, 0.2) is 42.5 Å². The monoisotopic (exact) mass is 448 g/mol. The number of carbonyl (C=O) groups is 2. The maximum Gasteiger partial charge on any atom is 0.224 e. The Morgan fingerprint density at radius 3 is 2.48 bits per heavy atom. The summed E-state index contributed by atoms with van der Waals surface area (Å²) < 4.78 is 46.6. The van der Waals surface area contributed by atoms with E-state index in [1.165, 1.54) is 18.1 Å². The van der Waals surface area contributed by atoms with Crippen LogP contribution in [0.4, 0.5) is 4.39 Å². The molecule has 1 fully saturated rings. The SMILES string of the molecule is COCCC(=O)N1CC(S(=O)(=O)NCC(=O)c2cc(-c3ccccc3)cc(C)c2F)C1. The van der Waals surface area contributed by atoms with Crippen molar-refractivity contribution in [3.05, 3.63) is 59.4 Å². The molecule has 1 N–H and O–H groups in total. The molecule has 0 bridgehead atoms. The molecule has 0 unspecified atom stereocenters. The van der Waals surface area contributed by atoms with Crippen molar-refractivity contribution in [3.63, 3.8) is 0 Å². The molecule has 2 aromatic rings. The number of ether oxygens (including phenoxy) is 1. The third-order valence-corrected chi connectivity index (χ3v) is 6.98. The number of nitrogens with zero attached hydrogens (tertiary/aromatic N) is 1. The average Bonchev–Trinajstić information content (AvgIpc) is 2.71. The van der Waals surface area contributed by atoms with Gasteiger partial charge in [-0.25, -0.2) is 17.5 Å². The van der Waals surface area contributed by atoms with Gasteiger partial charge in [0.1, 0.15) is 11.1 Å². The van der Waals surface area contributed by atoms with E-state index in [4.69, 9.17) is 4.74 Å². The quantitative estimate of drug-likeness (QED) is 0.594. The fourth-order valence-electron chi connectivity index (χ4n) is 3.33. The first-order valence-corrected chi connectivity index (χ1v) is 11.4. The van der Waals surface area contributed by atoms with Crippen LogP contribution < -0.4 is 4.72 Å². The molecule has 1 aliphatic rings. The van der Waals surface area contributed by atoms with E-state index < -0.39 is 33.4 Å². The van der Waals surface area contributed by atoms with Crippen LogP contribution in [0.2, 0.25) is 0 Å². The van der Waals surface area contributed by atoms with Crippen LogP contribution >= 0.6 is 0 Å². The van der Waals surface area contributed by atoms with E-state index in [-0.39, 0.29) is 37.6 Å². The highest BCUT2D eigenvalue weighted by molar-refractivity contribution is 7.90. The maximum absolute atomic E-state index is 14.6. The van der Waals surface area contributed by atoms with E-state index >= 15 is 0 Å². The van der Waals surface area contributed by atoms with Crippen molar-refractivity contribution in [2.24, 2.45) is 0 Å². The first-order valence-electron chi connectivity index (χ1n) is 9.87. The Balaban J connectivity index is 1.64. The minimum atomic E-state index is -3.82. The fourth-order valence-corrected chi connectivity index (χ4v) is 4.65. The zero-order valence-corrected chi connectivity index (χ0v) is 18.2. The molecule has 0 aliphatic carbocycles. The molecule has 166 valence electrons. The lowest BCUT2D eigenvalue weighted by Gasteiger charge is -2.38. The van der Waals surface area contributed by atoms with E-state index in [9.17, 15) is 22.4 Å². The van der Waals surface area contributed by atoms with Crippen molar-refractivity contribution in [3.8, 4) is 11.1 Å². The van der Waals surface area contributed by atoms with Crippen molar-refractivity contribution in [1.29, 1.82) is 0 Å². The summed E-state index contributed by atoms with van der Waals surface area (Å²) in [6, 6.07) is 12.3. The van der Waals surface area contributed by atoms with Crippen molar-refractivity contribution in [1.82, 2.24) is 9.62 Å². The Morgan fingerprint density at radius 2 is 1.84 bits per heavy atom. The normalized spacial score (nSPS) is 14.4. The van der Waals surface area contributed by atoms with Crippen LogP contribution in [-0.2, 0) is 19.6 Å². The number of Topliss-reactive ketones (excluding diaryl/α,β-unsaturated/α-hetero) is 1. The molecule has 0 saturated carbocycles. The van der Waals surface area contributed by atoms with E-state index in [0.29, 0.717) is 11.1 Å². The minimum absolute atomic E-state index is 0.0586. The Labute approximate surface area is 181 Å². The van der Waals surface area contributed by atoms with Crippen LogP contribution in [0, 0.1) is 12.7 Å². The fraction of sp³-hybridized carbons (Fsp3) is 0.364. The molecule has 1 amide bonds. The topological polar surface area (TPSA) is 92.8 Å². The lowest BCUT2D eigenvalue weighted by molar-refractivity contribution is -0.135. The second-order valence-electron chi connectivity index (χ2n) is 7.47. The number of hydrogen-bond donors (Lipinski definition) is 1. The molecule has 0 radical (unpaired) electrons. The van der Waals surface area contributed by atoms with Gasteiger partial charge in [0.15, 0.2) is 5.78 Å². The lowest BCUT2D eigenvalue weighted by atomic mass is 9.98. The molecule has 1 saturated heterocycles. The number of carbonyl (C=O) groups excluding carboxylic acids is 2. The Hall–Kier alpha value is -2.62. The number of aryl methyl sites for hydroxylation is 1. The maximum atomic E-state index is 14.6. The standard InChI is InChI=1S/C22H25FN2O5S/c1-15-10-17(16-6-4-3-5-7-16)11-19(22(15)23)20(26)12-24-31(28,29)18-13-25(14-18)21(27)8-9-30-2/h3-7,10-11,18,24H,8-9,12-14H2,1-2H3. The van der Waals surface area contributed by atoms with E-state index in [2.05, 4.69) is 4.72 Å². The number of sulfonamides is 1. The van der Waals surface area contributed by atoms with Crippen molar-refractivity contribution in [2.45, 2.75) is 18.6 Å². The predicted molar refractivity (Wildman–Crippen MR) is 115 cm³/mol. The highest BCUT2D eigenvalue weighted by Gasteiger charge is 2.39. The minimum Gasteiger partial charge on any atom is -0.384 e. The largest absolute Gasteiger partial charge is 0.384 e. The molecule has 0 atom stereocenters. The highest BCUT2D eigenvalue weighted by atomic mass is 32.2. The molecule has 2 aromatic carbocycles. The summed E-state index contributed by atoms with van der Waals surface area (Å²) >= 11 is 0. The van der Waals surface area contributed by atoms with E-state index in [1.807, 2.05) is 30.3 Å². The number of benzene rings is 2. The summed E-state index contributed by atoms with van der Waals surface area (Å²) in [5.74, 6) is -1.50. The van der Waals surface area contributed by atoms with Gasteiger partial charge in [-0.2, -0.15) is 0 Å². The number of hydrogen-bond acceptors (Lipinski definition) is 5. The van der Waals surface area contributed by atoms with Crippen LogP contribution in [0.1, 0.15) is 22.3 Å². The zero-order chi connectivity index (χ0) is 22.6. The van der Waals surface area contributed by atoms with Gasteiger partial charge in [0.05, 0.1) is 25.1 Å². The molecule has 0 aromatic heterocycles. The Kier molecular flexibility index (Phi) is 7.19. The number of nitrogens with one attached hydrogen (secondary N) is 1. The molecular formula is C22H25FN2O5S. The van der Waals surface area contributed by atoms with E-state index in [0.717, 1.165) is 5.56 Å². The Bertz CT molecular complexity index is 1070. The first kappa shape index (κ1) is 23.1. The Morgan fingerprint density at radius 1 is 1.16 bits per heavy atom. The molecule has 9 heteroatoms. The molecule has 1 heterocycles.